The van der Waals surface area contributed by atoms with E-state index in [0.29, 0.717) is 34.5 Å². The Hall–Kier alpha value is -2.30. The molecule has 0 unspecified atom stereocenters. The van der Waals surface area contributed by atoms with Crippen molar-refractivity contribution in [3.8, 4) is 5.75 Å². The number of H-pyrrole nitrogens is 1. The molecule has 0 spiro atoms. The fourth-order valence-electron chi connectivity index (χ4n) is 3.84. The number of methoxy groups -OCH3 is 1. The molecule has 1 N–H and O–H groups in total. The molecule has 0 bridgehead atoms. The van der Waals surface area contributed by atoms with E-state index in [1.807, 2.05) is 4.90 Å². The molecule has 1 aromatic carbocycles. The zero-order valence-electron chi connectivity index (χ0n) is 13.2. The molecule has 2 aliphatic rings. The molecule has 0 atom stereocenters. The van der Waals surface area contributed by atoms with Gasteiger partial charge in [0.1, 0.15) is 11.4 Å². The number of amides is 1. The average molecular weight is 312 g/mol. The fourth-order valence-corrected chi connectivity index (χ4v) is 3.84. The normalized spacial score (nSPS) is 18.5. The van der Waals surface area contributed by atoms with E-state index in [9.17, 15) is 9.59 Å². The summed E-state index contributed by atoms with van der Waals surface area (Å²) in [5, 5.41) is 0.585. The minimum absolute atomic E-state index is 0.0262. The van der Waals surface area contributed by atoms with Gasteiger partial charge in [-0.15, -0.1) is 0 Å². The molecule has 2 aromatic rings. The summed E-state index contributed by atoms with van der Waals surface area (Å²) in [5.41, 5.74) is 1.70. The number of benzene rings is 1. The average Bonchev–Trinajstić information content (AvgIpc) is 2.93. The number of fused-ring (bicyclic) bond motifs is 2. The molecule has 1 fully saturated rings. The summed E-state index contributed by atoms with van der Waals surface area (Å²) < 4.78 is 5.20. The van der Waals surface area contributed by atoms with Crippen LogP contribution in [0, 0.1) is 0 Å². The van der Waals surface area contributed by atoms with E-state index in [-0.39, 0.29) is 17.4 Å². The summed E-state index contributed by atoms with van der Waals surface area (Å²) in [6.07, 6.45) is 5.66. The molecule has 1 amide bonds. The first kappa shape index (κ1) is 14.3. The Bertz CT molecular complexity index is 834. The number of pyridine rings is 1. The van der Waals surface area contributed by atoms with Gasteiger partial charge in [-0.3, -0.25) is 9.59 Å². The van der Waals surface area contributed by atoms with Gasteiger partial charge in [-0.05, 0) is 31.0 Å². The lowest BCUT2D eigenvalue weighted by atomic mass is 9.94. The number of carbonyl (C=O) groups is 1. The highest BCUT2D eigenvalue weighted by Crippen LogP contribution is 2.30. The Morgan fingerprint density at radius 1 is 1.17 bits per heavy atom. The van der Waals surface area contributed by atoms with Gasteiger partial charge < -0.3 is 14.6 Å². The topological polar surface area (TPSA) is 62.4 Å². The second-order valence-electron chi connectivity index (χ2n) is 6.44. The maximum atomic E-state index is 12.8. The zero-order chi connectivity index (χ0) is 16.0. The molecule has 1 aliphatic carbocycles. The maximum Gasteiger partial charge on any atom is 0.271 e. The number of nitrogens with zero attached hydrogens (tertiary/aromatic N) is 1. The molecule has 5 nitrogen and oxygen atoms in total. The lowest BCUT2D eigenvalue weighted by Gasteiger charge is -2.30. The van der Waals surface area contributed by atoms with Gasteiger partial charge in [-0.25, -0.2) is 0 Å². The van der Waals surface area contributed by atoms with Crippen molar-refractivity contribution >= 4 is 16.8 Å². The summed E-state index contributed by atoms with van der Waals surface area (Å²) in [6, 6.07) is 5.60. The van der Waals surface area contributed by atoms with Crippen LogP contribution in [0.3, 0.4) is 0 Å². The van der Waals surface area contributed by atoms with Crippen molar-refractivity contribution in [1.82, 2.24) is 9.88 Å². The minimum Gasteiger partial charge on any atom is -0.497 e. The highest BCUT2D eigenvalue weighted by atomic mass is 16.5. The van der Waals surface area contributed by atoms with Gasteiger partial charge in [0.05, 0.1) is 19.2 Å². The molecule has 1 aliphatic heterocycles. The van der Waals surface area contributed by atoms with Crippen molar-refractivity contribution in [2.24, 2.45) is 0 Å². The Labute approximate surface area is 134 Å². The number of aromatic nitrogens is 1. The van der Waals surface area contributed by atoms with Crippen LogP contribution >= 0.6 is 0 Å². The Kier molecular flexibility index (Phi) is 3.36. The first-order valence-electron chi connectivity index (χ1n) is 8.23. The summed E-state index contributed by atoms with van der Waals surface area (Å²) in [6.45, 7) is 0.432. The van der Waals surface area contributed by atoms with E-state index < -0.39 is 0 Å². The number of rotatable bonds is 2. The SMILES string of the molecule is COc1ccc2[nH]c3c(c(=O)c2c1)CN(C1CCCCC1)C3=O. The number of carbonyl (C=O) groups excluding carboxylic acids is 1. The molecular formula is C18H20N2O3. The maximum absolute atomic E-state index is 12.8. The zero-order valence-corrected chi connectivity index (χ0v) is 13.2. The number of hydrogen-bond acceptors (Lipinski definition) is 3. The lowest BCUT2D eigenvalue weighted by Crippen LogP contribution is -2.37. The molecule has 0 saturated heterocycles. The standard InChI is InChI=1S/C18H20N2O3/c1-23-12-7-8-15-13(9-12)17(21)14-10-20(18(22)16(14)19-15)11-5-3-2-4-6-11/h7-9,11H,2-6,10H2,1H3,(H,19,21). The van der Waals surface area contributed by atoms with Gasteiger partial charge in [0.25, 0.3) is 5.91 Å². The van der Waals surface area contributed by atoms with Gasteiger partial charge in [-0.2, -0.15) is 0 Å². The van der Waals surface area contributed by atoms with Crippen LogP contribution in [0.1, 0.15) is 48.2 Å². The van der Waals surface area contributed by atoms with E-state index in [4.69, 9.17) is 4.74 Å². The summed E-state index contributed by atoms with van der Waals surface area (Å²) >= 11 is 0. The second kappa shape index (κ2) is 5.41. The largest absolute Gasteiger partial charge is 0.497 e. The molecule has 4 rings (SSSR count). The monoisotopic (exact) mass is 312 g/mol. The van der Waals surface area contributed by atoms with Crippen LogP contribution in [0.15, 0.2) is 23.0 Å². The van der Waals surface area contributed by atoms with Gasteiger partial charge in [0.2, 0.25) is 0 Å². The van der Waals surface area contributed by atoms with E-state index >= 15 is 0 Å². The smallest absolute Gasteiger partial charge is 0.271 e. The van der Waals surface area contributed by atoms with Crippen molar-refractivity contribution in [2.75, 3.05) is 7.11 Å². The van der Waals surface area contributed by atoms with Crippen LogP contribution in [-0.2, 0) is 6.54 Å². The van der Waals surface area contributed by atoms with Crippen molar-refractivity contribution in [3.05, 3.63) is 39.7 Å². The highest BCUT2D eigenvalue weighted by molar-refractivity contribution is 5.99. The predicted molar refractivity (Wildman–Crippen MR) is 87.9 cm³/mol. The molecule has 1 saturated carbocycles. The Balaban J connectivity index is 1.79. The summed E-state index contributed by atoms with van der Waals surface area (Å²) in [7, 11) is 1.58. The molecule has 23 heavy (non-hydrogen) atoms. The molecule has 0 radical (unpaired) electrons. The van der Waals surface area contributed by atoms with Crippen molar-refractivity contribution in [3.63, 3.8) is 0 Å². The van der Waals surface area contributed by atoms with E-state index in [0.717, 1.165) is 25.7 Å². The molecule has 2 heterocycles. The molecule has 1 aromatic heterocycles. The van der Waals surface area contributed by atoms with Crippen LogP contribution in [0.4, 0.5) is 0 Å². The third kappa shape index (κ3) is 2.22. The predicted octanol–water partition coefficient (Wildman–Crippen LogP) is 2.83. The minimum atomic E-state index is -0.0562. The Morgan fingerprint density at radius 3 is 2.70 bits per heavy atom. The van der Waals surface area contributed by atoms with Crippen molar-refractivity contribution in [2.45, 2.75) is 44.7 Å². The van der Waals surface area contributed by atoms with Gasteiger partial charge in [-0.1, -0.05) is 19.3 Å². The molecule has 5 heteroatoms. The third-order valence-corrected chi connectivity index (χ3v) is 5.13. The summed E-state index contributed by atoms with van der Waals surface area (Å²) in [5.74, 6) is 0.623. The van der Waals surface area contributed by atoms with E-state index in [1.165, 1.54) is 6.42 Å². The van der Waals surface area contributed by atoms with Crippen LogP contribution in [0.2, 0.25) is 0 Å². The number of hydrogen-bond donors (Lipinski definition) is 1. The van der Waals surface area contributed by atoms with Crippen LogP contribution in [0.25, 0.3) is 10.9 Å². The van der Waals surface area contributed by atoms with Crippen LogP contribution < -0.4 is 10.2 Å². The first-order chi connectivity index (χ1) is 11.2. The highest BCUT2D eigenvalue weighted by Gasteiger charge is 2.35. The number of nitrogens with one attached hydrogen (secondary N) is 1. The van der Waals surface area contributed by atoms with Crippen molar-refractivity contribution < 1.29 is 9.53 Å². The second-order valence-corrected chi connectivity index (χ2v) is 6.44. The van der Waals surface area contributed by atoms with Crippen LogP contribution in [0.5, 0.6) is 5.75 Å². The van der Waals surface area contributed by atoms with Gasteiger partial charge in [0.15, 0.2) is 5.43 Å². The third-order valence-electron chi connectivity index (χ3n) is 5.13. The molecule has 120 valence electrons. The fraction of sp³-hybridized carbons (Fsp3) is 0.444. The lowest BCUT2D eigenvalue weighted by molar-refractivity contribution is 0.0656. The summed E-state index contributed by atoms with van der Waals surface area (Å²) in [4.78, 5) is 30.6. The van der Waals surface area contributed by atoms with Gasteiger partial charge in [0, 0.05) is 17.0 Å². The number of ether oxygens (including phenoxy) is 1. The van der Waals surface area contributed by atoms with Crippen LogP contribution in [-0.4, -0.2) is 28.9 Å². The molecular weight excluding hydrogens is 292 g/mol. The van der Waals surface area contributed by atoms with E-state index in [2.05, 4.69) is 4.98 Å². The van der Waals surface area contributed by atoms with Crippen molar-refractivity contribution in [1.29, 1.82) is 0 Å². The quantitative estimate of drug-likeness (QED) is 0.927. The Morgan fingerprint density at radius 2 is 1.96 bits per heavy atom. The first-order valence-corrected chi connectivity index (χ1v) is 8.23. The number of aromatic amines is 1. The van der Waals surface area contributed by atoms with Gasteiger partial charge >= 0.3 is 0 Å². The van der Waals surface area contributed by atoms with E-state index in [1.54, 1.807) is 25.3 Å².